The number of rotatable bonds is 13. The van der Waals surface area contributed by atoms with Crippen molar-refractivity contribution < 1.29 is 22.4 Å². The summed E-state index contributed by atoms with van der Waals surface area (Å²) in [5.74, 6) is -1.57. The van der Waals surface area contributed by atoms with Crippen molar-refractivity contribution in [3.8, 4) is 0 Å². The molecule has 7 nitrogen and oxygen atoms in total. The molecular weight excluding hydrogens is 589 g/mol. The molecule has 0 radical (unpaired) electrons. The van der Waals surface area contributed by atoms with E-state index < -0.39 is 40.2 Å². The lowest BCUT2D eigenvalue weighted by atomic mass is 10.0. The highest BCUT2D eigenvalue weighted by Gasteiger charge is 2.35. The number of hydrogen-bond donors (Lipinski definition) is 1. The molecule has 0 unspecified atom stereocenters. The summed E-state index contributed by atoms with van der Waals surface area (Å²) in [6, 6.07) is 27.3. The number of amides is 2. The van der Waals surface area contributed by atoms with Gasteiger partial charge in [0.2, 0.25) is 11.8 Å². The summed E-state index contributed by atoms with van der Waals surface area (Å²) in [7, 11) is -4.21. The van der Waals surface area contributed by atoms with Gasteiger partial charge in [0, 0.05) is 24.6 Å². The van der Waals surface area contributed by atoms with E-state index >= 15 is 4.39 Å². The van der Waals surface area contributed by atoms with E-state index in [9.17, 15) is 18.0 Å². The molecule has 0 saturated carbocycles. The number of benzene rings is 4. The third-order valence-corrected chi connectivity index (χ3v) is 9.46. The smallest absolute Gasteiger partial charge is 0.264 e. The first-order chi connectivity index (χ1) is 21.5. The summed E-state index contributed by atoms with van der Waals surface area (Å²) >= 11 is 0. The van der Waals surface area contributed by atoms with Gasteiger partial charge in [0.25, 0.3) is 10.0 Å². The molecule has 9 heteroatoms. The lowest BCUT2D eigenvalue weighted by Crippen LogP contribution is -2.54. The highest BCUT2D eigenvalue weighted by atomic mass is 32.2. The average Bonchev–Trinajstić information content (AvgIpc) is 3.02. The Hall–Kier alpha value is -4.50. The molecule has 4 rings (SSSR count). The second-order valence-electron chi connectivity index (χ2n) is 11.3. The first-order valence-corrected chi connectivity index (χ1v) is 16.5. The van der Waals surface area contributed by atoms with Crippen LogP contribution in [-0.2, 0) is 32.6 Å². The Kier molecular flexibility index (Phi) is 11.1. The summed E-state index contributed by atoms with van der Waals surface area (Å²) in [5, 5.41) is 2.98. The van der Waals surface area contributed by atoms with Crippen molar-refractivity contribution in [3.63, 3.8) is 0 Å². The molecule has 0 saturated heterocycles. The number of carbonyl (C=O) groups excluding carboxylic acids is 2. The lowest BCUT2D eigenvalue weighted by Gasteiger charge is -2.34. The predicted molar refractivity (Wildman–Crippen MR) is 176 cm³/mol. The van der Waals surface area contributed by atoms with Crippen LogP contribution in [-0.4, -0.2) is 43.8 Å². The van der Waals surface area contributed by atoms with Crippen LogP contribution in [0.3, 0.4) is 0 Å². The Morgan fingerprint density at radius 1 is 0.844 bits per heavy atom. The van der Waals surface area contributed by atoms with Crippen molar-refractivity contribution in [3.05, 3.63) is 131 Å². The molecule has 236 valence electrons. The van der Waals surface area contributed by atoms with Gasteiger partial charge < -0.3 is 10.2 Å². The van der Waals surface area contributed by atoms with E-state index in [1.165, 1.54) is 23.1 Å². The lowest BCUT2D eigenvalue weighted by molar-refractivity contribution is -0.140. The fourth-order valence-electron chi connectivity index (χ4n) is 5.15. The van der Waals surface area contributed by atoms with E-state index in [0.717, 1.165) is 21.0 Å². The number of sulfonamides is 1. The molecule has 1 N–H and O–H groups in total. The fourth-order valence-corrected chi connectivity index (χ4v) is 6.57. The van der Waals surface area contributed by atoms with Crippen LogP contribution in [0.2, 0.25) is 0 Å². The number of anilines is 1. The van der Waals surface area contributed by atoms with Crippen molar-refractivity contribution in [1.82, 2.24) is 10.2 Å². The normalized spacial score (nSPS) is 12.6. The number of nitrogens with one attached hydrogen (secondary N) is 1. The molecule has 0 aromatic heterocycles. The minimum absolute atomic E-state index is 0.0213. The summed E-state index contributed by atoms with van der Waals surface area (Å²) in [5.41, 5.74) is 2.98. The van der Waals surface area contributed by atoms with Crippen LogP contribution in [0.4, 0.5) is 10.1 Å². The van der Waals surface area contributed by atoms with Gasteiger partial charge in [-0.2, -0.15) is 0 Å². The second-order valence-corrected chi connectivity index (χ2v) is 13.2. The molecule has 45 heavy (non-hydrogen) atoms. The largest absolute Gasteiger partial charge is 0.352 e. The van der Waals surface area contributed by atoms with Crippen LogP contribution in [0.1, 0.15) is 42.5 Å². The molecule has 4 aromatic rings. The van der Waals surface area contributed by atoms with Gasteiger partial charge in [-0.05, 0) is 74.2 Å². The highest BCUT2D eigenvalue weighted by molar-refractivity contribution is 7.92. The Bertz CT molecular complexity index is 1690. The fraction of sp³-hybridized carbons (Fsp3) is 0.278. The third-order valence-electron chi connectivity index (χ3n) is 7.68. The monoisotopic (exact) mass is 629 g/mol. The molecule has 0 fully saturated rings. The van der Waals surface area contributed by atoms with Crippen LogP contribution in [0.25, 0.3) is 0 Å². The SMILES string of the molecule is CC[C@@H](C)NC(=O)[C@@H](Cc1ccccc1)N(Cc1ccccc1F)C(=O)CN(c1cc(C)cc(C)c1)S(=O)(=O)c1ccccc1. The minimum Gasteiger partial charge on any atom is -0.352 e. The Morgan fingerprint density at radius 2 is 1.42 bits per heavy atom. The summed E-state index contributed by atoms with van der Waals surface area (Å²) in [6.07, 6.45) is 0.819. The van der Waals surface area contributed by atoms with Crippen LogP contribution in [0, 0.1) is 19.7 Å². The Balaban J connectivity index is 1.83. The topological polar surface area (TPSA) is 86.8 Å². The molecule has 0 bridgehead atoms. The molecule has 0 spiro atoms. The van der Waals surface area contributed by atoms with Crippen molar-refractivity contribution in [2.45, 2.75) is 64.1 Å². The van der Waals surface area contributed by atoms with Gasteiger partial charge in [0.15, 0.2) is 0 Å². The van der Waals surface area contributed by atoms with Crippen molar-refractivity contribution in [1.29, 1.82) is 0 Å². The van der Waals surface area contributed by atoms with E-state index in [1.54, 1.807) is 48.5 Å². The van der Waals surface area contributed by atoms with Crippen LogP contribution in [0.15, 0.2) is 108 Å². The van der Waals surface area contributed by atoms with E-state index in [-0.39, 0.29) is 29.5 Å². The number of halogens is 1. The summed E-state index contributed by atoms with van der Waals surface area (Å²) in [4.78, 5) is 29.7. The Morgan fingerprint density at radius 3 is 2.02 bits per heavy atom. The maximum atomic E-state index is 15.1. The molecule has 4 aromatic carbocycles. The second kappa shape index (κ2) is 15.0. The van der Waals surface area contributed by atoms with Gasteiger partial charge in [-0.25, -0.2) is 12.8 Å². The van der Waals surface area contributed by atoms with E-state index in [0.29, 0.717) is 12.1 Å². The zero-order valence-electron chi connectivity index (χ0n) is 26.1. The van der Waals surface area contributed by atoms with Crippen molar-refractivity contribution in [2.24, 2.45) is 0 Å². The maximum Gasteiger partial charge on any atom is 0.264 e. The van der Waals surface area contributed by atoms with Crippen molar-refractivity contribution >= 4 is 27.5 Å². The molecule has 0 aliphatic carbocycles. The quantitative estimate of drug-likeness (QED) is 0.191. The van der Waals surface area contributed by atoms with Gasteiger partial charge in [-0.15, -0.1) is 0 Å². The van der Waals surface area contributed by atoms with Gasteiger partial charge in [-0.1, -0.05) is 79.7 Å². The molecule has 0 aliphatic rings. The molecule has 0 aliphatic heterocycles. The van der Waals surface area contributed by atoms with Gasteiger partial charge in [-0.3, -0.25) is 13.9 Å². The third kappa shape index (κ3) is 8.57. The van der Waals surface area contributed by atoms with E-state index in [1.807, 2.05) is 64.1 Å². The summed E-state index contributed by atoms with van der Waals surface area (Å²) < 4.78 is 44.4. The number of carbonyl (C=O) groups is 2. The summed E-state index contributed by atoms with van der Waals surface area (Å²) in [6.45, 7) is 6.68. The predicted octanol–water partition coefficient (Wildman–Crippen LogP) is 6.19. The number of aryl methyl sites for hydroxylation is 2. The van der Waals surface area contributed by atoms with Crippen molar-refractivity contribution in [2.75, 3.05) is 10.8 Å². The Labute approximate surface area is 265 Å². The molecule has 2 amide bonds. The average molecular weight is 630 g/mol. The first kappa shape index (κ1) is 33.4. The maximum absolute atomic E-state index is 15.1. The highest BCUT2D eigenvalue weighted by Crippen LogP contribution is 2.27. The van der Waals surface area contributed by atoms with E-state index in [4.69, 9.17) is 0 Å². The van der Waals surface area contributed by atoms with Gasteiger partial charge >= 0.3 is 0 Å². The number of nitrogens with zero attached hydrogens (tertiary/aromatic N) is 2. The van der Waals surface area contributed by atoms with Crippen LogP contribution < -0.4 is 9.62 Å². The zero-order chi connectivity index (χ0) is 32.6. The van der Waals surface area contributed by atoms with Gasteiger partial charge in [0.05, 0.1) is 10.6 Å². The molecular formula is C36H40FN3O4S. The standard InChI is InChI=1S/C36H40FN3O4S/c1-5-28(4)38-36(42)34(23-29-14-8-6-9-15-29)39(24-30-16-12-13-19-33(30)37)35(41)25-40(31-21-26(2)20-27(3)22-31)45(43,44)32-17-10-7-11-18-32/h6-22,28,34H,5,23-25H2,1-4H3,(H,38,42)/t28-,34-/m1/s1. The van der Waals surface area contributed by atoms with Gasteiger partial charge in [0.1, 0.15) is 18.4 Å². The molecule has 0 heterocycles. The minimum atomic E-state index is -4.21. The van der Waals surface area contributed by atoms with E-state index in [2.05, 4.69) is 5.32 Å². The number of hydrogen-bond acceptors (Lipinski definition) is 4. The van der Waals surface area contributed by atoms with Crippen LogP contribution >= 0.6 is 0 Å². The zero-order valence-corrected chi connectivity index (χ0v) is 26.9. The van der Waals surface area contributed by atoms with Crippen LogP contribution in [0.5, 0.6) is 0 Å². The first-order valence-electron chi connectivity index (χ1n) is 15.0. The molecule has 2 atom stereocenters.